The van der Waals surface area contributed by atoms with Crippen LogP contribution in [-0.2, 0) is 4.79 Å². The Labute approximate surface area is 133 Å². The standard InChI is InChI=1S/C16H20N4O3/c1-10-3-6-16(7-4-10,15(22)23)19-14(21)12-9-17-20-8-5-11(2)18-13(12)20/h5,8-10H,3-4,6-7H2,1-2H3,(H,19,21)(H,22,23). The number of aryl methyl sites for hydroxylation is 1. The number of aliphatic carboxylic acids is 1. The third-order valence-corrected chi connectivity index (χ3v) is 4.64. The van der Waals surface area contributed by atoms with Crippen molar-refractivity contribution in [3.05, 3.63) is 29.7 Å². The summed E-state index contributed by atoms with van der Waals surface area (Å²) < 4.78 is 1.51. The zero-order valence-corrected chi connectivity index (χ0v) is 13.2. The van der Waals surface area contributed by atoms with Crippen LogP contribution in [0.2, 0.25) is 0 Å². The summed E-state index contributed by atoms with van der Waals surface area (Å²) in [6.07, 6.45) is 5.63. The van der Waals surface area contributed by atoms with Crippen molar-refractivity contribution in [2.24, 2.45) is 5.92 Å². The fraction of sp³-hybridized carbons (Fsp3) is 0.500. The van der Waals surface area contributed by atoms with E-state index in [1.807, 2.05) is 6.92 Å². The fourth-order valence-electron chi connectivity index (χ4n) is 3.05. The average molecular weight is 316 g/mol. The molecule has 7 nitrogen and oxygen atoms in total. The molecule has 0 atom stereocenters. The summed E-state index contributed by atoms with van der Waals surface area (Å²) in [6.45, 7) is 3.93. The van der Waals surface area contributed by atoms with Crippen LogP contribution in [0.25, 0.3) is 5.65 Å². The minimum Gasteiger partial charge on any atom is -0.480 e. The SMILES string of the molecule is Cc1ccn2ncc(C(=O)NC3(C(=O)O)CCC(C)CC3)c2n1. The second-order valence-electron chi connectivity index (χ2n) is 6.42. The van der Waals surface area contributed by atoms with Gasteiger partial charge in [-0.05, 0) is 44.6 Å². The molecule has 0 aromatic carbocycles. The predicted molar refractivity (Wildman–Crippen MR) is 83.2 cm³/mol. The van der Waals surface area contributed by atoms with Crippen molar-refractivity contribution in [3.8, 4) is 0 Å². The van der Waals surface area contributed by atoms with Crippen molar-refractivity contribution >= 4 is 17.5 Å². The minimum atomic E-state index is -1.19. The highest BCUT2D eigenvalue weighted by Gasteiger charge is 2.43. The summed E-state index contributed by atoms with van der Waals surface area (Å²) in [7, 11) is 0. The van der Waals surface area contributed by atoms with Gasteiger partial charge in [0.2, 0.25) is 0 Å². The Bertz CT molecular complexity index is 760. The number of amides is 1. The molecule has 7 heteroatoms. The zero-order valence-electron chi connectivity index (χ0n) is 13.2. The first-order valence-electron chi connectivity index (χ1n) is 7.78. The van der Waals surface area contributed by atoms with Crippen molar-refractivity contribution < 1.29 is 14.7 Å². The first-order valence-corrected chi connectivity index (χ1v) is 7.78. The summed E-state index contributed by atoms with van der Waals surface area (Å²) in [5.41, 5.74) is 0.313. The molecule has 0 aliphatic heterocycles. The Kier molecular flexibility index (Phi) is 3.79. The van der Waals surface area contributed by atoms with Gasteiger partial charge >= 0.3 is 5.97 Å². The van der Waals surface area contributed by atoms with Crippen LogP contribution < -0.4 is 5.32 Å². The first kappa shape index (κ1) is 15.5. The highest BCUT2D eigenvalue weighted by Crippen LogP contribution is 2.32. The molecule has 2 N–H and O–H groups in total. The molecule has 0 spiro atoms. The van der Waals surface area contributed by atoms with Gasteiger partial charge in [0.25, 0.3) is 5.91 Å². The molecule has 2 aromatic heterocycles. The number of hydrogen-bond acceptors (Lipinski definition) is 4. The van der Waals surface area contributed by atoms with E-state index in [0.29, 0.717) is 30.0 Å². The summed E-state index contributed by atoms with van der Waals surface area (Å²) in [6, 6.07) is 1.79. The molecule has 0 saturated heterocycles. The van der Waals surface area contributed by atoms with E-state index in [9.17, 15) is 14.7 Å². The van der Waals surface area contributed by atoms with Gasteiger partial charge in [-0.1, -0.05) is 6.92 Å². The third kappa shape index (κ3) is 2.78. The lowest BCUT2D eigenvalue weighted by Crippen LogP contribution is -2.56. The first-order chi connectivity index (χ1) is 10.9. The van der Waals surface area contributed by atoms with Crippen molar-refractivity contribution in [3.63, 3.8) is 0 Å². The molecule has 0 unspecified atom stereocenters. The molecule has 0 radical (unpaired) electrons. The number of fused-ring (bicyclic) bond motifs is 1. The van der Waals surface area contributed by atoms with Gasteiger partial charge in [0.1, 0.15) is 11.1 Å². The molecule has 1 amide bonds. The quantitative estimate of drug-likeness (QED) is 0.900. The zero-order chi connectivity index (χ0) is 16.6. The highest BCUT2D eigenvalue weighted by molar-refractivity contribution is 6.02. The maximum absolute atomic E-state index is 12.6. The maximum Gasteiger partial charge on any atom is 0.329 e. The number of nitrogens with one attached hydrogen (secondary N) is 1. The number of carboxylic acid groups (broad SMARTS) is 1. The number of carboxylic acids is 1. The van der Waals surface area contributed by atoms with Gasteiger partial charge in [-0.15, -0.1) is 0 Å². The second-order valence-corrected chi connectivity index (χ2v) is 6.42. The Morgan fingerprint density at radius 2 is 2.09 bits per heavy atom. The average Bonchev–Trinajstić information content (AvgIpc) is 2.92. The van der Waals surface area contributed by atoms with Gasteiger partial charge in [0, 0.05) is 11.9 Å². The highest BCUT2D eigenvalue weighted by atomic mass is 16.4. The van der Waals surface area contributed by atoms with Crippen LogP contribution >= 0.6 is 0 Å². The van der Waals surface area contributed by atoms with Crippen LogP contribution in [-0.4, -0.2) is 37.1 Å². The monoisotopic (exact) mass is 316 g/mol. The number of nitrogens with zero attached hydrogens (tertiary/aromatic N) is 3. The smallest absolute Gasteiger partial charge is 0.329 e. The van der Waals surface area contributed by atoms with Gasteiger partial charge in [-0.2, -0.15) is 5.10 Å². The van der Waals surface area contributed by atoms with Gasteiger partial charge in [-0.25, -0.2) is 14.3 Å². The van der Waals surface area contributed by atoms with E-state index in [1.54, 1.807) is 12.3 Å². The Morgan fingerprint density at radius 3 is 2.74 bits per heavy atom. The van der Waals surface area contributed by atoms with E-state index in [0.717, 1.165) is 18.5 Å². The van der Waals surface area contributed by atoms with Crippen LogP contribution in [0, 0.1) is 12.8 Å². The number of aromatic nitrogens is 3. The molecule has 1 saturated carbocycles. The summed E-state index contributed by atoms with van der Waals surface area (Å²) >= 11 is 0. The fourth-order valence-corrected chi connectivity index (χ4v) is 3.05. The van der Waals surface area contributed by atoms with Gasteiger partial charge in [0.05, 0.1) is 6.20 Å². The molecule has 0 bridgehead atoms. The Balaban J connectivity index is 1.89. The van der Waals surface area contributed by atoms with Crippen LogP contribution in [0.5, 0.6) is 0 Å². The number of carbonyl (C=O) groups is 2. The number of carbonyl (C=O) groups excluding carboxylic acids is 1. The number of hydrogen-bond donors (Lipinski definition) is 2. The van der Waals surface area contributed by atoms with Gasteiger partial charge in [0.15, 0.2) is 5.65 Å². The van der Waals surface area contributed by atoms with Crippen LogP contribution in [0.3, 0.4) is 0 Å². The lowest BCUT2D eigenvalue weighted by molar-refractivity contribution is -0.146. The van der Waals surface area contributed by atoms with E-state index in [2.05, 4.69) is 22.3 Å². The van der Waals surface area contributed by atoms with E-state index in [-0.39, 0.29) is 0 Å². The van der Waals surface area contributed by atoms with Crippen molar-refractivity contribution in [2.75, 3.05) is 0 Å². The van der Waals surface area contributed by atoms with E-state index < -0.39 is 17.4 Å². The predicted octanol–water partition coefficient (Wildman–Crippen LogP) is 1.80. The Hall–Kier alpha value is -2.44. The van der Waals surface area contributed by atoms with Crippen LogP contribution in [0.4, 0.5) is 0 Å². The molecule has 1 aliphatic rings. The normalized spacial score (nSPS) is 24.5. The van der Waals surface area contributed by atoms with Crippen molar-refractivity contribution in [2.45, 2.75) is 45.1 Å². The molecule has 2 heterocycles. The largest absolute Gasteiger partial charge is 0.480 e. The third-order valence-electron chi connectivity index (χ3n) is 4.64. The van der Waals surface area contributed by atoms with Crippen molar-refractivity contribution in [1.29, 1.82) is 0 Å². The van der Waals surface area contributed by atoms with E-state index >= 15 is 0 Å². The van der Waals surface area contributed by atoms with Gasteiger partial charge in [-0.3, -0.25) is 4.79 Å². The second kappa shape index (κ2) is 5.64. The lowest BCUT2D eigenvalue weighted by Gasteiger charge is -2.36. The topological polar surface area (TPSA) is 96.6 Å². The van der Waals surface area contributed by atoms with E-state index in [1.165, 1.54) is 10.7 Å². The lowest BCUT2D eigenvalue weighted by atomic mass is 9.77. The summed E-state index contributed by atoms with van der Waals surface area (Å²) in [4.78, 5) is 28.7. The van der Waals surface area contributed by atoms with E-state index in [4.69, 9.17) is 0 Å². The van der Waals surface area contributed by atoms with Crippen LogP contribution in [0.15, 0.2) is 18.5 Å². The molecule has 1 aliphatic carbocycles. The Morgan fingerprint density at radius 1 is 1.39 bits per heavy atom. The van der Waals surface area contributed by atoms with Crippen molar-refractivity contribution in [1.82, 2.24) is 19.9 Å². The molecular weight excluding hydrogens is 296 g/mol. The number of rotatable bonds is 3. The summed E-state index contributed by atoms with van der Waals surface area (Å²) in [5.74, 6) is -0.922. The summed E-state index contributed by atoms with van der Waals surface area (Å²) in [5, 5.41) is 16.5. The molecular formula is C16H20N4O3. The molecule has 1 fully saturated rings. The molecule has 122 valence electrons. The maximum atomic E-state index is 12.6. The molecule has 23 heavy (non-hydrogen) atoms. The van der Waals surface area contributed by atoms with Gasteiger partial charge < -0.3 is 10.4 Å². The molecule has 3 rings (SSSR count). The molecule has 2 aromatic rings. The van der Waals surface area contributed by atoms with Crippen LogP contribution in [0.1, 0.15) is 48.7 Å². The minimum absolute atomic E-state index is 0.299.